The average molecular weight is 453 g/mol. The Morgan fingerprint density at radius 1 is 1.21 bits per heavy atom. The molecular formula is C26H36N4O3. The number of rotatable bonds is 10. The Morgan fingerprint density at radius 3 is 2.64 bits per heavy atom. The van der Waals surface area contributed by atoms with Crippen molar-refractivity contribution in [3.05, 3.63) is 59.2 Å². The summed E-state index contributed by atoms with van der Waals surface area (Å²) in [5.41, 5.74) is 7.44. The van der Waals surface area contributed by atoms with E-state index >= 15 is 0 Å². The molecule has 0 unspecified atom stereocenters. The summed E-state index contributed by atoms with van der Waals surface area (Å²) in [7, 11) is 0. The summed E-state index contributed by atoms with van der Waals surface area (Å²) in [6.45, 7) is 11.6. The molecule has 4 N–H and O–H groups in total. The first kappa shape index (κ1) is 24.7. The highest BCUT2D eigenvalue weighted by Gasteiger charge is 2.22. The zero-order chi connectivity index (χ0) is 24.0. The SMILES string of the molecule is Cc1ccc(C)c(OC[C@@H](O)CNC(C)(C)CNc2ccc(C3=NNC(=O)C[C@H]3C)cc2)c1. The van der Waals surface area contributed by atoms with Crippen LogP contribution in [0.1, 0.15) is 43.9 Å². The molecule has 0 bridgehead atoms. The molecule has 0 saturated carbocycles. The lowest BCUT2D eigenvalue weighted by Crippen LogP contribution is -2.49. The number of hydrazone groups is 1. The summed E-state index contributed by atoms with van der Waals surface area (Å²) in [5.74, 6) is 0.876. The number of hydrogen-bond acceptors (Lipinski definition) is 6. The quantitative estimate of drug-likeness (QED) is 0.443. The molecule has 2 aromatic rings. The normalized spacial score (nSPS) is 17.2. The number of nitrogens with one attached hydrogen (secondary N) is 3. The molecule has 178 valence electrons. The van der Waals surface area contributed by atoms with Gasteiger partial charge in [-0.1, -0.05) is 31.2 Å². The number of β-amino-alcohol motifs (C(OH)–C–C–N with tert-alkyl or cyclic N) is 1. The largest absolute Gasteiger partial charge is 0.491 e. The molecule has 1 amide bonds. The van der Waals surface area contributed by atoms with Crippen LogP contribution in [0, 0.1) is 19.8 Å². The number of hydrogen-bond donors (Lipinski definition) is 4. The van der Waals surface area contributed by atoms with Gasteiger partial charge in [-0.15, -0.1) is 0 Å². The van der Waals surface area contributed by atoms with E-state index in [0.717, 1.165) is 33.8 Å². The maximum atomic E-state index is 11.4. The number of benzene rings is 2. The number of aliphatic hydroxyl groups excluding tert-OH is 1. The fourth-order valence-corrected chi connectivity index (χ4v) is 3.65. The van der Waals surface area contributed by atoms with Gasteiger partial charge in [0.05, 0.1) is 5.71 Å². The van der Waals surface area contributed by atoms with Crippen molar-refractivity contribution in [1.82, 2.24) is 10.7 Å². The highest BCUT2D eigenvalue weighted by Crippen LogP contribution is 2.20. The molecule has 0 aromatic heterocycles. The van der Waals surface area contributed by atoms with E-state index in [0.29, 0.717) is 19.5 Å². The average Bonchev–Trinajstić information content (AvgIpc) is 2.77. The maximum absolute atomic E-state index is 11.4. The Kier molecular flexibility index (Phi) is 8.10. The van der Waals surface area contributed by atoms with Gasteiger partial charge in [0.25, 0.3) is 0 Å². The van der Waals surface area contributed by atoms with Crippen LogP contribution in [0.15, 0.2) is 47.6 Å². The molecule has 33 heavy (non-hydrogen) atoms. The standard InChI is InChI=1S/C26H36N4O3/c1-17-6-7-18(2)23(12-17)33-15-22(31)14-28-26(4,5)16-27-21-10-8-20(9-11-21)25-19(3)13-24(32)29-30-25/h6-12,19,22,27-28,31H,13-16H2,1-5H3,(H,29,32)/t19-,22+/m1/s1. The summed E-state index contributed by atoms with van der Waals surface area (Å²) in [4.78, 5) is 11.4. The molecule has 7 heteroatoms. The number of amides is 1. The highest BCUT2D eigenvalue weighted by atomic mass is 16.5. The van der Waals surface area contributed by atoms with Crippen molar-refractivity contribution in [3.8, 4) is 5.75 Å². The summed E-state index contributed by atoms with van der Waals surface area (Å²) in [6, 6.07) is 14.1. The first-order chi connectivity index (χ1) is 15.6. The molecule has 1 heterocycles. The summed E-state index contributed by atoms with van der Waals surface area (Å²) >= 11 is 0. The van der Waals surface area contributed by atoms with Crippen LogP contribution in [-0.2, 0) is 4.79 Å². The molecular weight excluding hydrogens is 416 g/mol. The number of carbonyl (C=O) groups is 1. The molecule has 0 saturated heterocycles. The third-order valence-electron chi connectivity index (χ3n) is 5.77. The summed E-state index contributed by atoms with van der Waals surface area (Å²) in [5, 5.41) is 21.4. The molecule has 7 nitrogen and oxygen atoms in total. The van der Waals surface area contributed by atoms with Crippen molar-refractivity contribution in [1.29, 1.82) is 0 Å². The fraction of sp³-hybridized carbons (Fsp3) is 0.462. The van der Waals surface area contributed by atoms with E-state index in [-0.39, 0.29) is 24.0 Å². The van der Waals surface area contributed by atoms with Gasteiger partial charge in [-0.25, -0.2) is 5.43 Å². The second-order valence-corrected chi connectivity index (χ2v) is 9.57. The number of aryl methyl sites for hydroxylation is 2. The Balaban J connectivity index is 1.44. The Labute approximate surface area is 196 Å². The Morgan fingerprint density at radius 2 is 1.94 bits per heavy atom. The van der Waals surface area contributed by atoms with Crippen LogP contribution in [-0.4, -0.2) is 48.1 Å². The predicted molar refractivity (Wildman–Crippen MR) is 133 cm³/mol. The number of anilines is 1. The van der Waals surface area contributed by atoms with E-state index in [1.807, 2.05) is 63.2 Å². The lowest BCUT2D eigenvalue weighted by molar-refractivity contribution is -0.121. The van der Waals surface area contributed by atoms with E-state index in [1.165, 1.54) is 0 Å². The molecule has 3 rings (SSSR count). The minimum atomic E-state index is -0.609. The van der Waals surface area contributed by atoms with E-state index in [2.05, 4.69) is 35.0 Å². The zero-order valence-electron chi connectivity index (χ0n) is 20.2. The van der Waals surface area contributed by atoms with Crippen LogP contribution in [0.3, 0.4) is 0 Å². The smallest absolute Gasteiger partial charge is 0.240 e. The first-order valence-electron chi connectivity index (χ1n) is 11.5. The number of ether oxygens (including phenoxy) is 1. The molecule has 2 aromatic carbocycles. The van der Waals surface area contributed by atoms with Crippen LogP contribution >= 0.6 is 0 Å². The number of carbonyl (C=O) groups excluding carboxylic acids is 1. The number of nitrogens with zero attached hydrogens (tertiary/aromatic N) is 1. The van der Waals surface area contributed by atoms with Gasteiger partial charge >= 0.3 is 0 Å². The molecule has 1 aliphatic heterocycles. The van der Waals surface area contributed by atoms with E-state index < -0.39 is 6.10 Å². The van der Waals surface area contributed by atoms with E-state index in [4.69, 9.17) is 4.74 Å². The molecule has 2 atom stereocenters. The monoisotopic (exact) mass is 452 g/mol. The van der Waals surface area contributed by atoms with Crippen LogP contribution in [0.4, 0.5) is 5.69 Å². The Bertz CT molecular complexity index is 986. The minimum absolute atomic E-state index is 0.0405. The van der Waals surface area contributed by atoms with Gasteiger partial charge in [0.15, 0.2) is 0 Å². The van der Waals surface area contributed by atoms with Crippen molar-refractivity contribution in [2.24, 2.45) is 11.0 Å². The van der Waals surface area contributed by atoms with E-state index in [1.54, 1.807) is 0 Å². The first-order valence-corrected chi connectivity index (χ1v) is 11.5. The molecule has 1 aliphatic rings. The second kappa shape index (κ2) is 10.8. The van der Waals surface area contributed by atoms with Crippen LogP contribution in [0.2, 0.25) is 0 Å². The van der Waals surface area contributed by atoms with Gasteiger partial charge in [0.2, 0.25) is 5.91 Å². The van der Waals surface area contributed by atoms with Crippen LogP contribution in [0.25, 0.3) is 0 Å². The van der Waals surface area contributed by atoms with Gasteiger partial charge in [-0.05, 0) is 62.6 Å². The van der Waals surface area contributed by atoms with Crippen molar-refractivity contribution in [2.75, 3.05) is 25.0 Å². The van der Waals surface area contributed by atoms with Gasteiger partial charge in [-0.3, -0.25) is 4.79 Å². The summed E-state index contributed by atoms with van der Waals surface area (Å²) < 4.78 is 5.81. The minimum Gasteiger partial charge on any atom is -0.491 e. The summed E-state index contributed by atoms with van der Waals surface area (Å²) in [6.07, 6.45) is -0.151. The van der Waals surface area contributed by atoms with Gasteiger partial charge in [0, 0.05) is 36.7 Å². The zero-order valence-corrected chi connectivity index (χ0v) is 20.2. The fourth-order valence-electron chi connectivity index (χ4n) is 3.65. The third kappa shape index (κ3) is 7.30. The topological polar surface area (TPSA) is 95.0 Å². The van der Waals surface area contributed by atoms with Crippen molar-refractivity contribution in [2.45, 2.75) is 52.7 Å². The molecule has 0 fully saturated rings. The van der Waals surface area contributed by atoms with Gasteiger partial charge < -0.3 is 20.5 Å². The van der Waals surface area contributed by atoms with Crippen molar-refractivity contribution < 1.29 is 14.6 Å². The van der Waals surface area contributed by atoms with Gasteiger partial charge in [0.1, 0.15) is 18.5 Å². The number of aliphatic hydroxyl groups is 1. The van der Waals surface area contributed by atoms with Gasteiger partial charge in [-0.2, -0.15) is 5.10 Å². The Hall–Kier alpha value is -2.90. The molecule has 0 radical (unpaired) electrons. The highest BCUT2D eigenvalue weighted by molar-refractivity contribution is 6.05. The molecule has 0 spiro atoms. The maximum Gasteiger partial charge on any atom is 0.240 e. The second-order valence-electron chi connectivity index (χ2n) is 9.57. The van der Waals surface area contributed by atoms with Crippen molar-refractivity contribution in [3.63, 3.8) is 0 Å². The van der Waals surface area contributed by atoms with Crippen molar-refractivity contribution >= 4 is 17.3 Å². The van der Waals surface area contributed by atoms with E-state index in [9.17, 15) is 9.90 Å². The van der Waals surface area contributed by atoms with Crippen LogP contribution < -0.4 is 20.8 Å². The van der Waals surface area contributed by atoms with Crippen LogP contribution in [0.5, 0.6) is 5.75 Å². The lowest BCUT2D eigenvalue weighted by Gasteiger charge is -2.28. The third-order valence-corrected chi connectivity index (χ3v) is 5.77. The molecule has 0 aliphatic carbocycles. The predicted octanol–water partition coefficient (Wildman–Crippen LogP) is 3.38. The lowest BCUT2D eigenvalue weighted by atomic mass is 9.94.